The lowest BCUT2D eigenvalue weighted by molar-refractivity contribution is -0.871. The molecule has 2 aromatic rings. The van der Waals surface area contributed by atoms with Crippen molar-refractivity contribution in [2.75, 3.05) is 40.8 Å². The van der Waals surface area contributed by atoms with E-state index in [1.807, 2.05) is 65.3 Å². The van der Waals surface area contributed by atoms with Gasteiger partial charge in [0.1, 0.15) is 5.75 Å². The predicted octanol–water partition coefficient (Wildman–Crippen LogP) is 4.17. The highest BCUT2D eigenvalue weighted by molar-refractivity contribution is 5.76. The summed E-state index contributed by atoms with van der Waals surface area (Å²) in [7, 11) is 6.02. The van der Waals surface area contributed by atoms with Crippen molar-refractivity contribution in [3.05, 3.63) is 54.6 Å². The topological polar surface area (TPSA) is 128 Å². The van der Waals surface area contributed by atoms with Crippen LogP contribution in [0.2, 0.25) is 0 Å². The number of unbranched alkanes of at least 4 members (excludes halogenated alkanes) is 4. The summed E-state index contributed by atoms with van der Waals surface area (Å²) in [5, 5.41) is 23.9. The Morgan fingerprint density at radius 1 is 0.927 bits per heavy atom. The van der Waals surface area contributed by atoms with Gasteiger partial charge >= 0.3 is 12.0 Å². The number of ether oxygens (including phenoxy) is 1. The highest BCUT2D eigenvalue weighted by Crippen LogP contribution is 2.22. The van der Waals surface area contributed by atoms with E-state index in [1.165, 1.54) is 11.1 Å². The number of carbonyl (C=O) groups is 3. The summed E-state index contributed by atoms with van der Waals surface area (Å²) in [5.74, 6) is -0.337. The van der Waals surface area contributed by atoms with E-state index in [-0.39, 0.29) is 11.9 Å². The Labute approximate surface area is 245 Å². The van der Waals surface area contributed by atoms with Gasteiger partial charge in [-0.15, -0.1) is 0 Å². The Hall–Kier alpha value is -3.59. The summed E-state index contributed by atoms with van der Waals surface area (Å²) in [4.78, 5) is 32.7. The minimum absolute atomic E-state index is 0.238. The molecule has 9 nitrogen and oxygen atoms in total. The molecule has 228 valence electrons. The summed E-state index contributed by atoms with van der Waals surface area (Å²) < 4.78 is 6.46. The normalized spacial score (nSPS) is 12.4. The molecule has 2 rings (SSSR count). The van der Waals surface area contributed by atoms with Crippen molar-refractivity contribution >= 4 is 18.5 Å². The van der Waals surface area contributed by atoms with Crippen LogP contribution >= 0.6 is 0 Å². The molecule has 41 heavy (non-hydrogen) atoms. The first-order valence-corrected chi connectivity index (χ1v) is 14.4. The molecule has 0 bridgehead atoms. The molecule has 0 saturated carbocycles. The van der Waals surface area contributed by atoms with Crippen LogP contribution in [0.15, 0.2) is 54.6 Å². The molecule has 0 aliphatic rings. The smallest absolute Gasteiger partial charge is 0.315 e. The Balaban J connectivity index is 0.00000268. The van der Waals surface area contributed by atoms with Crippen LogP contribution in [-0.4, -0.2) is 74.9 Å². The van der Waals surface area contributed by atoms with Crippen LogP contribution < -0.4 is 20.5 Å². The number of quaternary nitrogens is 1. The predicted molar refractivity (Wildman–Crippen MR) is 160 cm³/mol. The second-order valence-corrected chi connectivity index (χ2v) is 11.7. The summed E-state index contributed by atoms with van der Waals surface area (Å²) >= 11 is 0. The maximum atomic E-state index is 12.5. The number of nitrogens with zero attached hydrogens (tertiary/aromatic N) is 1. The Bertz CT molecular complexity index is 1010. The Morgan fingerprint density at radius 2 is 1.49 bits per heavy atom. The third-order valence-corrected chi connectivity index (χ3v) is 6.43. The van der Waals surface area contributed by atoms with E-state index in [1.54, 1.807) is 0 Å². The molecular weight excluding hydrogens is 522 g/mol. The number of carboxylic acids is 1. The second-order valence-electron chi connectivity index (χ2n) is 11.7. The average Bonchev–Trinajstić information content (AvgIpc) is 2.90. The van der Waals surface area contributed by atoms with E-state index in [4.69, 9.17) is 14.6 Å². The number of amides is 2. The number of rotatable bonds is 17. The summed E-state index contributed by atoms with van der Waals surface area (Å²) in [6.07, 6.45) is 5.61. The number of aliphatic carboxylic acids is 1. The van der Waals surface area contributed by atoms with Crippen molar-refractivity contribution < 1.29 is 33.8 Å². The molecular formula is C32H49N3O6. The van der Waals surface area contributed by atoms with Gasteiger partial charge in [0.15, 0.2) is 0 Å². The molecule has 3 N–H and O–H groups in total. The lowest BCUT2D eigenvalue weighted by atomic mass is 9.89. The number of urea groups is 1. The van der Waals surface area contributed by atoms with Crippen molar-refractivity contribution in [2.24, 2.45) is 11.8 Å². The first kappa shape index (κ1) is 35.4. The molecule has 0 aliphatic carbocycles. The molecule has 9 heteroatoms. The number of benzene rings is 2. The van der Waals surface area contributed by atoms with E-state index >= 15 is 0 Å². The van der Waals surface area contributed by atoms with Crippen molar-refractivity contribution in [3.8, 4) is 16.9 Å². The van der Waals surface area contributed by atoms with Crippen LogP contribution in [0.4, 0.5) is 4.79 Å². The monoisotopic (exact) mass is 571 g/mol. The van der Waals surface area contributed by atoms with E-state index in [9.17, 15) is 14.7 Å². The molecule has 0 aromatic heterocycles. The molecule has 0 spiro atoms. The molecule has 0 saturated heterocycles. The Morgan fingerprint density at radius 3 is 2.05 bits per heavy atom. The standard InChI is InChI=1S/C31H47N3O4.CH2O2/c1-24(2)22-28(30(35)36)29(23-34(3,4)5)33-31(37)32-20-12-7-6-8-13-21-38-27-18-16-26(17-19-27)25-14-10-9-11-15-25;2-1-3/h9-11,14-19,24,28-29H,6-8,12-13,20-23H2,1-5H3,(H2-,32,33,35,36,37);1H,(H,2,3)/t28-,29?;/m1./s1. The number of hydrogen-bond donors (Lipinski definition) is 3. The number of carboxylic acid groups (broad SMARTS) is 2. The molecule has 0 fully saturated rings. The van der Waals surface area contributed by atoms with Gasteiger partial charge in [-0.1, -0.05) is 75.6 Å². The van der Waals surface area contributed by atoms with E-state index < -0.39 is 24.4 Å². The number of nitrogens with one attached hydrogen (secondary N) is 2. The summed E-state index contributed by atoms with van der Waals surface area (Å²) in [5.41, 5.74) is 2.38. The molecule has 2 atom stereocenters. The van der Waals surface area contributed by atoms with Crippen LogP contribution in [0.1, 0.15) is 52.4 Å². The van der Waals surface area contributed by atoms with Crippen LogP contribution in [0.3, 0.4) is 0 Å². The lowest BCUT2D eigenvalue weighted by Crippen LogP contribution is -2.56. The summed E-state index contributed by atoms with van der Waals surface area (Å²) in [6.45, 7) is 5.34. The first-order valence-electron chi connectivity index (χ1n) is 14.4. The van der Waals surface area contributed by atoms with Gasteiger partial charge in [-0.25, -0.2) is 4.79 Å². The largest absolute Gasteiger partial charge is 0.554 e. The fourth-order valence-corrected chi connectivity index (χ4v) is 4.55. The first-order chi connectivity index (χ1) is 19.5. The highest BCUT2D eigenvalue weighted by atomic mass is 16.5. The van der Waals surface area contributed by atoms with Crippen molar-refractivity contribution in [1.29, 1.82) is 0 Å². The molecule has 2 amide bonds. The fourth-order valence-electron chi connectivity index (χ4n) is 4.55. The zero-order valence-corrected chi connectivity index (χ0v) is 25.3. The molecule has 2 aromatic carbocycles. The van der Waals surface area contributed by atoms with Crippen LogP contribution in [-0.2, 0) is 9.59 Å². The van der Waals surface area contributed by atoms with Gasteiger partial charge in [-0.3, -0.25) is 4.79 Å². The molecule has 0 radical (unpaired) electrons. The van der Waals surface area contributed by atoms with Crippen molar-refractivity contribution in [2.45, 2.75) is 58.4 Å². The average molecular weight is 572 g/mol. The number of carbonyl (C=O) groups excluding carboxylic acids is 2. The SMILES string of the molecule is CC(C)C[C@@H](C(=O)O)C(C[N+](C)(C)C)NC(=O)NCCCCCCCOc1ccc(-c2ccccc2)cc1.O=C[O-]. The third-order valence-electron chi connectivity index (χ3n) is 6.43. The zero-order chi connectivity index (χ0) is 30.7. The minimum atomic E-state index is -0.856. The number of hydrogen-bond acceptors (Lipinski definition) is 5. The van der Waals surface area contributed by atoms with Crippen LogP contribution in [0.5, 0.6) is 5.75 Å². The van der Waals surface area contributed by atoms with Gasteiger partial charge in [-0.2, -0.15) is 0 Å². The van der Waals surface area contributed by atoms with E-state index in [0.717, 1.165) is 37.9 Å². The lowest BCUT2D eigenvalue weighted by Gasteiger charge is -2.33. The van der Waals surface area contributed by atoms with Crippen molar-refractivity contribution in [3.63, 3.8) is 0 Å². The minimum Gasteiger partial charge on any atom is -0.554 e. The molecule has 1 unspecified atom stereocenters. The fraction of sp³-hybridized carbons (Fsp3) is 0.531. The zero-order valence-electron chi connectivity index (χ0n) is 25.3. The summed E-state index contributed by atoms with van der Waals surface area (Å²) in [6, 6.07) is 17.8. The molecule has 0 heterocycles. The van der Waals surface area contributed by atoms with Gasteiger partial charge < -0.3 is 34.9 Å². The van der Waals surface area contributed by atoms with Crippen LogP contribution in [0, 0.1) is 11.8 Å². The van der Waals surface area contributed by atoms with E-state index in [0.29, 0.717) is 30.6 Å². The molecule has 0 aliphatic heterocycles. The maximum absolute atomic E-state index is 12.5. The van der Waals surface area contributed by atoms with Gasteiger partial charge in [0.05, 0.1) is 46.3 Å². The van der Waals surface area contributed by atoms with Crippen LogP contribution in [0.25, 0.3) is 11.1 Å². The maximum Gasteiger partial charge on any atom is 0.315 e. The van der Waals surface area contributed by atoms with Gasteiger partial charge in [0.2, 0.25) is 0 Å². The quantitative estimate of drug-likeness (QED) is 0.149. The number of likely N-dealkylation sites (N-methyl/N-ethyl adjacent to an activating group) is 1. The Kier molecular flexibility index (Phi) is 16.8. The van der Waals surface area contributed by atoms with E-state index in [2.05, 4.69) is 34.9 Å². The second kappa shape index (κ2) is 19.5. The van der Waals surface area contributed by atoms with Crippen molar-refractivity contribution in [1.82, 2.24) is 10.6 Å². The third kappa shape index (κ3) is 16.3. The van der Waals surface area contributed by atoms with Gasteiger partial charge in [-0.05, 0) is 48.4 Å². The van der Waals surface area contributed by atoms with Gasteiger partial charge in [0, 0.05) is 13.0 Å². The highest BCUT2D eigenvalue weighted by Gasteiger charge is 2.34. The van der Waals surface area contributed by atoms with Gasteiger partial charge in [0.25, 0.3) is 0 Å².